The first-order valence-electron chi connectivity index (χ1n) is 7.28. The molecule has 2 aromatic rings. The molecular formula is C17H14N4O2. The number of fused-ring (bicyclic) bond motifs is 3. The number of rotatable bonds is 2. The van der Waals surface area contributed by atoms with Gasteiger partial charge in [-0.25, -0.2) is 4.99 Å². The maximum atomic E-state index is 10.3. The monoisotopic (exact) mass is 306 g/mol. The third-order valence-electron chi connectivity index (χ3n) is 3.82. The van der Waals surface area contributed by atoms with Crippen molar-refractivity contribution in [3.05, 3.63) is 59.9 Å². The fourth-order valence-electron chi connectivity index (χ4n) is 2.74. The van der Waals surface area contributed by atoms with Crippen molar-refractivity contribution in [2.24, 2.45) is 9.98 Å². The van der Waals surface area contributed by atoms with Crippen molar-refractivity contribution < 1.29 is 10.2 Å². The van der Waals surface area contributed by atoms with E-state index >= 15 is 0 Å². The number of nitrogens with zero attached hydrogens (tertiary/aromatic N) is 4. The van der Waals surface area contributed by atoms with Gasteiger partial charge in [-0.3, -0.25) is 9.98 Å². The minimum absolute atomic E-state index is 0.0713. The number of phenolic OH excluding ortho intramolecular Hbond substituents is 1. The van der Waals surface area contributed by atoms with Gasteiger partial charge in [0.15, 0.2) is 0 Å². The van der Waals surface area contributed by atoms with Gasteiger partial charge in [0.25, 0.3) is 0 Å². The molecule has 1 aromatic heterocycles. The summed E-state index contributed by atoms with van der Waals surface area (Å²) in [6, 6.07) is 8.78. The number of benzene rings is 1. The van der Waals surface area contributed by atoms with Gasteiger partial charge in [-0.05, 0) is 24.3 Å². The summed E-state index contributed by atoms with van der Waals surface area (Å²) in [5.74, 6) is 1.50. The lowest BCUT2D eigenvalue weighted by Gasteiger charge is -2.26. The summed E-state index contributed by atoms with van der Waals surface area (Å²) in [6.07, 6.45) is 4.81. The van der Waals surface area contributed by atoms with Gasteiger partial charge in [0, 0.05) is 36.1 Å². The number of aliphatic hydroxyl groups is 1. The molecule has 0 atom stereocenters. The van der Waals surface area contributed by atoms with Crippen molar-refractivity contribution in [2.45, 2.75) is 0 Å². The molecule has 0 unspecified atom stereocenters. The highest BCUT2D eigenvalue weighted by Gasteiger charge is 2.29. The molecule has 0 amide bonds. The largest absolute Gasteiger partial charge is 0.507 e. The van der Waals surface area contributed by atoms with E-state index in [4.69, 9.17) is 0 Å². The Bertz CT molecular complexity index is 856. The third kappa shape index (κ3) is 2.24. The van der Waals surface area contributed by atoms with Crippen LogP contribution in [-0.2, 0) is 0 Å². The Morgan fingerprint density at radius 3 is 2.96 bits per heavy atom. The molecule has 0 spiro atoms. The first kappa shape index (κ1) is 13.5. The van der Waals surface area contributed by atoms with E-state index < -0.39 is 0 Å². The van der Waals surface area contributed by atoms with Gasteiger partial charge in [-0.1, -0.05) is 6.07 Å². The third-order valence-corrected chi connectivity index (χ3v) is 3.82. The number of amidine groups is 2. The van der Waals surface area contributed by atoms with Crippen molar-refractivity contribution in [2.75, 3.05) is 13.1 Å². The van der Waals surface area contributed by atoms with Gasteiger partial charge >= 0.3 is 0 Å². The summed E-state index contributed by atoms with van der Waals surface area (Å²) in [5.41, 5.74) is 1.89. The van der Waals surface area contributed by atoms with Crippen molar-refractivity contribution in [3.63, 3.8) is 0 Å². The van der Waals surface area contributed by atoms with Gasteiger partial charge in [-0.2, -0.15) is 0 Å². The maximum absolute atomic E-state index is 10.3. The minimum atomic E-state index is 0.0713. The zero-order valence-corrected chi connectivity index (χ0v) is 12.2. The molecule has 2 N–H and O–H groups in total. The van der Waals surface area contributed by atoms with Crippen molar-refractivity contribution in [1.82, 2.24) is 9.88 Å². The predicted octanol–water partition coefficient (Wildman–Crippen LogP) is 2.49. The lowest BCUT2D eigenvalue weighted by Crippen LogP contribution is -2.36. The number of para-hydroxylation sites is 1. The highest BCUT2D eigenvalue weighted by Crippen LogP contribution is 2.36. The van der Waals surface area contributed by atoms with E-state index in [9.17, 15) is 10.2 Å². The quantitative estimate of drug-likeness (QED) is 0.835. The molecule has 0 radical (unpaired) electrons. The zero-order valence-electron chi connectivity index (χ0n) is 12.2. The Morgan fingerprint density at radius 1 is 1.22 bits per heavy atom. The molecule has 0 saturated carbocycles. The number of aromatic nitrogens is 1. The van der Waals surface area contributed by atoms with E-state index in [0.717, 1.165) is 11.4 Å². The highest BCUT2D eigenvalue weighted by atomic mass is 16.3. The molecule has 6 heteroatoms. The molecule has 3 heterocycles. The summed E-state index contributed by atoms with van der Waals surface area (Å²) in [5, 5.41) is 20.4. The van der Waals surface area contributed by atoms with Gasteiger partial charge in [0.05, 0.1) is 6.54 Å². The van der Waals surface area contributed by atoms with Crippen LogP contribution in [0.2, 0.25) is 0 Å². The number of phenols is 1. The summed E-state index contributed by atoms with van der Waals surface area (Å²) < 4.78 is 0. The van der Waals surface area contributed by atoms with Crippen LogP contribution in [0.15, 0.2) is 58.8 Å². The van der Waals surface area contributed by atoms with Crippen LogP contribution in [0.25, 0.3) is 5.76 Å². The predicted molar refractivity (Wildman–Crippen MR) is 88.2 cm³/mol. The molecule has 1 aromatic carbocycles. The molecule has 2 aliphatic heterocycles. The van der Waals surface area contributed by atoms with E-state index in [1.165, 1.54) is 0 Å². The molecular weight excluding hydrogens is 292 g/mol. The molecule has 6 nitrogen and oxygen atoms in total. The second-order valence-corrected chi connectivity index (χ2v) is 5.27. The average Bonchev–Trinajstić information content (AvgIpc) is 3.07. The lowest BCUT2D eigenvalue weighted by molar-refractivity contribution is 0.476. The molecule has 114 valence electrons. The van der Waals surface area contributed by atoms with Crippen LogP contribution in [0.4, 0.5) is 5.69 Å². The molecule has 23 heavy (non-hydrogen) atoms. The number of aromatic hydroxyl groups is 1. The van der Waals surface area contributed by atoms with E-state index in [-0.39, 0.29) is 11.5 Å². The molecule has 4 rings (SSSR count). The topological polar surface area (TPSA) is 81.3 Å². The van der Waals surface area contributed by atoms with E-state index in [2.05, 4.69) is 15.0 Å². The van der Waals surface area contributed by atoms with Crippen molar-refractivity contribution >= 4 is 23.1 Å². The lowest BCUT2D eigenvalue weighted by atomic mass is 10.1. The number of hydrogen-bond acceptors (Lipinski definition) is 6. The summed E-state index contributed by atoms with van der Waals surface area (Å²) in [6.45, 7) is 1.35. The number of aliphatic hydroxyl groups excluding tert-OH is 1. The van der Waals surface area contributed by atoms with E-state index in [1.54, 1.807) is 42.7 Å². The zero-order chi connectivity index (χ0) is 15.8. The van der Waals surface area contributed by atoms with Crippen molar-refractivity contribution in [3.8, 4) is 5.75 Å². The van der Waals surface area contributed by atoms with E-state index in [0.29, 0.717) is 30.2 Å². The van der Waals surface area contributed by atoms with E-state index in [1.807, 2.05) is 11.0 Å². The Balaban J connectivity index is 1.83. The minimum Gasteiger partial charge on any atom is -0.507 e. The summed E-state index contributed by atoms with van der Waals surface area (Å²) in [7, 11) is 0. The van der Waals surface area contributed by atoms with Crippen LogP contribution in [0.5, 0.6) is 5.75 Å². The average molecular weight is 306 g/mol. The summed E-state index contributed by atoms with van der Waals surface area (Å²) >= 11 is 0. The Kier molecular flexibility index (Phi) is 3.08. The maximum Gasteiger partial charge on any atom is 0.142 e. The van der Waals surface area contributed by atoms with Crippen molar-refractivity contribution in [1.29, 1.82) is 0 Å². The van der Waals surface area contributed by atoms with Gasteiger partial charge in [-0.15, -0.1) is 0 Å². The molecule has 0 aliphatic carbocycles. The number of hydrogen-bond donors (Lipinski definition) is 2. The van der Waals surface area contributed by atoms with Crippen LogP contribution in [0.1, 0.15) is 11.1 Å². The first-order valence-corrected chi connectivity index (χ1v) is 7.28. The molecule has 0 bridgehead atoms. The Labute approximate surface area is 132 Å². The van der Waals surface area contributed by atoms with Crippen LogP contribution >= 0.6 is 0 Å². The Hall–Kier alpha value is -3.15. The van der Waals surface area contributed by atoms with Gasteiger partial charge in [0.2, 0.25) is 0 Å². The molecule has 0 fully saturated rings. The smallest absolute Gasteiger partial charge is 0.142 e. The standard InChI is InChI=1S/C17H14N4O2/c22-13-5-1-4-12-16(13)20-15(21-8-7-19-17(12)21)9-14(23)11-3-2-6-18-10-11/h1-6,9-10,22-23H,7-8H2/b14-9-. The number of pyridine rings is 1. The molecule has 2 aliphatic rings. The highest BCUT2D eigenvalue weighted by molar-refractivity contribution is 6.20. The molecule has 0 saturated heterocycles. The SMILES string of the molecule is O/C(=C\C1=Nc2c(O)cccc2C2=NCCN12)c1cccnc1. The first-order chi connectivity index (χ1) is 11.2. The summed E-state index contributed by atoms with van der Waals surface area (Å²) in [4.78, 5) is 14.9. The second-order valence-electron chi connectivity index (χ2n) is 5.27. The normalized spacial score (nSPS) is 16.5. The Morgan fingerprint density at radius 2 is 2.13 bits per heavy atom. The fourth-order valence-corrected chi connectivity index (χ4v) is 2.74. The fraction of sp³-hybridized carbons (Fsp3) is 0.118. The van der Waals surface area contributed by atoms with Crippen LogP contribution < -0.4 is 0 Å². The van der Waals surface area contributed by atoms with Crippen LogP contribution in [-0.4, -0.2) is 44.9 Å². The van der Waals surface area contributed by atoms with Crippen LogP contribution in [0.3, 0.4) is 0 Å². The number of aliphatic imine (C=N–C) groups is 2. The second kappa shape index (κ2) is 5.24. The van der Waals surface area contributed by atoms with Gasteiger partial charge in [0.1, 0.15) is 28.9 Å². The van der Waals surface area contributed by atoms with Crippen LogP contribution in [0, 0.1) is 0 Å². The van der Waals surface area contributed by atoms with Gasteiger partial charge < -0.3 is 15.1 Å².